The van der Waals surface area contributed by atoms with E-state index in [2.05, 4.69) is 31.2 Å². The first kappa shape index (κ1) is 12.1. The molecule has 1 saturated heterocycles. The number of halogens is 2. The molecule has 0 amide bonds. The fraction of sp³-hybridized carbons (Fsp3) is 0.600. The number of aromatic nitrogens is 2. The summed E-state index contributed by atoms with van der Waals surface area (Å²) in [5, 5.41) is 3.50. The van der Waals surface area contributed by atoms with E-state index in [4.69, 9.17) is 16.3 Å². The van der Waals surface area contributed by atoms with Crippen LogP contribution in [0.5, 0.6) is 0 Å². The van der Waals surface area contributed by atoms with E-state index < -0.39 is 0 Å². The second-order valence-electron chi connectivity index (χ2n) is 3.78. The Hall–Kier alpha value is -0.390. The zero-order chi connectivity index (χ0) is 11.4. The van der Waals surface area contributed by atoms with Crippen molar-refractivity contribution in [3.05, 3.63) is 16.0 Å². The van der Waals surface area contributed by atoms with Gasteiger partial charge in [0.05, 0.1) is 4.47 Å². The lowest BCUT2D eigenvalue weighted by Gasteiger charge is -2.10. The van der Waals surface area contributed by atoms with Crippen molar-refractivity contribution in [2.75, 3.05) is 25.1 Å². The molecule has 0 saturated carbocycles. The highest BCUT2D eigenvalue weighted by atomic mass is 79.9. The van der Waals surface area contributed by atoms with Crippen LogP contribution in [-0.4, -0.2) is 29.7 Å². The number of nitrogens with zero attached hydrogens (tertiary/aromatic N) is 2. The fourth-order valence-corrected chi connectivity index (χ4v) is 2.14. The molecule has 0 spiro atoms. The molecule has 6 heteroatoms. The Morgan fingerprint density at radius 3 is 3.25 bits per heavy atom. The van der Waals surface area contributed by atoms with Crippen molar-refractivity contribution >= 4 is 33.3 Å². The molecule has 2 rings (SSSR count). The predicted molar refractivity (Wildman–Crippen MR) is 66.8 cm³/mol. The van der Waals surface area contributed by atoms with E-state index in [9.17, 15) is 0 Å². The molecule has 0 aromatic carbocycles. The summed E-state index contributed by atoms with van der Waals surface area (Å²) in [7, 11) is 0. The van der Waals surface area contributed by atoms with Crippen molar-refractivity contribution in [2.24, 2.45) is 5.92 Å². The summed E-state index contributed by atoms with van der Waals surface area (Å²) in [4.78, 5) is 7.97. The summed E-state index contributed by atoms with van der Waals surface area (Å²) in [5.41, 5.74) is 0. The van der Waals surface area contributed by atoms with Crippen molar-refractivity contribution in [1.29, 1.82) is 0 Å². The van der Waals surface area contributed by atoms with Gasteiger partial charge in [0.25, 0.3) is 0 Å². The lowest BCUT2D eigenvalue weighted by atomic mass is 10.1. The summed E-state index contributed by atoms with van der Waals surface area (Å²) >= 11 is 9.09. The largest absolute Gasteiger partial charge is 0.381 e. The molecule has 1 aromatic rings. The second-order valence-corrected chi connectivity index (χ2v) is 4.97. The third kappa shape index (κ3) is 3.30. The topological polar surface area (TPSA) is 47.0 Å². The van der Waals surface area contributed by atoms with Gasteiger partial charge in [0.15, 0.2) is 0 Å². The average molecular weight is 307 g/mol. The van der Waals surface area contributed by atoms with Gasteiger partial charge in [-0.2, -0.15) is 4.98 Å². The molecule has 1 unspecified atom stereocenters. The quantitative estimate of drug-likeness (QED) is 0.869. The Kier molecular flexibility index (Phi) is 4.37. The maximum Gasteiger partial charge on any atom is 0.224 e. The highest BCUT2D eigenvalue weighted by molar-refractivity contribution is 9.10. The highest BCUT2D eigenvalue weighted by Crippen LogP contribution is 2.21. The Morgan fingerprint density at radius 2 is 2.50 bits per heavy atom. The molecule has 0 radical (unpaired) electrons. The highest BCUT2D eigenvalue weighted by Gasteiger charge is 2.15. The van der Waals surface area contributed by atoms with E-state index in [1.54, 1.807) is 6.20 Å². The summed E-state index contributed by atoms with van der Waals surface area (Å²) in [6.07, 6.45) is 3.90. The van der Waals surface area contributed by atoms with E-state index in [1.807, 2.05) is 0 Å². The van der Waals surface area contributed by atoms with Crippen molar-refractivity contribution in [1.82, 2.24) is 9.97 Å². The average Bonchev–Trinajstić information content (AvgIpc) is 2.76. The van der Waals surface area contributed by atoms with Crippen molar-refractivity contribution in [2.45, 2.75) is 12.8 Å². The van der Waals surface area contributed by atoms with Crippen molar-refractivity contribution in [3.63, 3.8) is 0 Å². The Bertz CT molecular complexity index is 358. The van der Waals surface area contributed by atoms with Gasteiger partial charge in [0.1, 0.15) is 5.82 Å². The summed E-state index contributed by atoms with van der Waals surface area (Å²) in [5.74, 6) is 1.42. The predicted octanol–water partition coefficient (Wildman–Crippen LogP) is 2.73. The van der Waals surface area contributed by atoms with Crippen LogP contribution < -0.4 is 5.32 Å². The molecule has 1 aromatic heterocycles. The van der Waals surface area contributed by atoms with Gasteiger partial charge in [-0.25, -0.2) is 4.98 Å². The molecule has 0 bridgehead atoms. The molecular weight excluding hydrogens is 293 g/mol. The SMILES string of the molecule is Clc1ncc(Br)c(NCCC2CCOC2)n1. The number of nitrogens with one attached hydrogen (secondary N) is 1. The number of rotatable bonds is 4. The molecule has 0 aliphatic carbocycles. The normalized spacial score (nSPS) is 20.0. The first-order chi connectivity index (χ1) is 7.75. The van der Waals surface area contributed by atoms with E-state index in [0.717, 1.165) is 42.9 Å². The smallest absolute Gasteiger partial charge is 0.224 e. The minimum absolute atomic E-state index is 0.259. The minimum Gasteiger partial charge on any atom is -0.381 e. The molecule has 1 aliphatic rings. The lowest BCUT2D eigenvalue weighted by molar-refractivity contribution is 0.185. The van der Waals surface area contributed by atoms with Gasteiger partial charge in [-0.3, -0.25) is 0 Å². The minimum atomic E-state index is 0.259. The van der Waals surface area contributed by atoms with Crippen LogP contribution in [0.2, 0.25) is 5.28 Å². The summed E-state index contributed by atoms with van der Waals surface area (Å²) in [6.45, 7) is 2.65. The van der Waals surface area contributed by atoms with E-state index in [1.165, 1.54) is 0 Å². The van der Waals surface area contributed by atoms with E-state index in [0.29, 0.717) is 5.92 Å². The Morgan fingerprint density at radius 1 is 1.62 bits per heavy atom. The van der Waals surface area contributed by atoms with Gasteiger partial charge >= 0.3 is 0 Å². The Labute approximate surface area is 108 Å². The molecule has 16 heavy (non-hydrogen) atoms. The van der Waals surface area contributed by atoms with Gasteiger partial charge in [-0.05, 0) is 46.3 Å². The van der Waals surface area contributed by atoms with Crippen LogP contribution in [0, 0.1) is 5.92 Å². The zero-order valence-electron chi connectivity index (χ0n) is 8.75. The lowest BCUT2D eigenvalue weighted by Crippen LogP contribution is -2.10. The van der Waals surface area contributed by atoms with Crippen LogP contribution in [0.25, 0.3) is 0 Å². The van der Waals surface area contributed by atoms with Gasteiger partial charge in [-0.1, -0.05) is 0 Å². The maximum absolute atomic E-state index is 5.72. The fourth-order valence-electron chi connectivity index (χ4n) is 1.68. The van der Waals surface area contributed by atoms with Gasteiger partial charge in [0, 0.05) is 26.0 Å². The van der Waals surface area contributed by atoms with Crippen molar-refractivity contribution in [3.8, 4) is 0 Å². The summed E-state index contributed by atoms with van der Waals surface area (Å²) in [6, 6.07) is 0. The first-order valence-corrected chi connectivity index (χ1v) is 6.42. The second kappa shape index (κ2) is 5.80. The van der Waals surface area contributed by atoms with Gasteiger partial charge in [-0.15, -0.1) is 0 Å². The Balaban J connectivity index is 1.82. The van der Waals surface area contributed by atoms with Crippen LogP contribution in [0.3, 0.4) is 0 Å². The molecular formula is C10H13BrClN3O. The summed E-state index contributed by atoms with van der Waals surface area (Å²) < 4.78 is 6.15. The van der Waals surface area contributed by atoms with Crippen LogP contribution in [0.15, 0.2) is 10.7 Å². The van der Waals surface area contributed by atoms with Crippen LogP contribution in [0.1, 0.15) is 12.8 Å². The van der Waals surface area contributed by atoms with Crippen LogP contribution in [-0.2, 0) is 4.74 Å². The first-order valence-electron chi connectivity index (χ1n) is 5.25. The van der Waals surface area contributed by atoms with Crippen LogP contribution >= 0.6 is 27.5 Å². The zero-order valence-corrected chi connectivity index (χ0v) is 11.1. The van der Waals surface area contributed by atoms with Gasteiger partial charge in [0.2, 0.25) is 5.28 Å². The number of hydrogen-bond donors (Lipinski definition) is 1. The molecule has 2 heterocycles. The molecule has 1 aliphatic heterocycles. The monoisotopic (exact) mass is 305 g/mol. The van der Waals surface area contributed by atoms with Gasteiger partial charge < -0.3 is 10.1 Å². The molecule has 1 atom stereocenters. The standard InChI is InChI=1S/C10H13BrClN3O/c11-8-5-14-10(12)15-9(8)13-3-1-7-2-4-16-6-7/h5,7H,1-4,6H2,(H,13,14,15). The molecule has 4 nitrogen and oxygen atoms in total. The van der Waals surface area contributed by atoms with Crippen LogP contribution in [0.4, 0.5) is 5.82 Å². The molecule has 88 valence electrons. The van der Waals surface area contributed by atoms with E-state index in [-0.39, 0.29) is 5.28 Å². The number of ether oxygens (including phenoxy) is 1. The van der Waals surface area contributed by atoms with Crippen molar-refractivity contribution < 1.29 is 4.74 Å². The third-order valence-electron chi connectivity index (χ3n) is 2.58. The number of hydrogen-bond acceptors (Lipinski definition) is 4. The van der Waals surface area contributed by atoms with E-state index >= 15 is 0 Å². The number of anilines is 1. The third-order valence-corrected chi connectivity index (χ3v) is 3.35. The molecule has 1 fully saturated rings. The molecule has 1 N–H and O–H groups in total. The maximum atomic E-state index is 5.72.